The molecule has 9 nitrogen and oxygen atoms in total. The van der Waals surface area contributed by atoms with E-state index in [1.165, 1.54) is 6.08 Å². The first-order valence-electron chi connectivity index (χ1n) is 15.7. The van der Waals surface area contributed by atoms with E-state index >= 15 is 4.39 Å². The lowest BCUT2D eigenvalue weighted by Gasteiger charge is -2.46. The van der Waals surface area contributed by atoms with Gasteiger partial charge < -0.3 is 14.5 Å². The molecule has 3 saturated heterocycles. The lowest BCUT2D eigenvalue weighted by Crippen LogP contribution is -2.55. The monoisotopic (exact) mass is 603 g/mol. The van der Waals surface area contributed by atoms with Crippen molar-refractivity contribution in [3.8, 4) is 12.1 Å². The third-order valence-electron chi connectivity index (χ3n) is 10.8. The third-order valence-corrected chi connectivity index (χ3v) is 10.8. The molecule has 1 aromatic heterocycles. The number of aromatic nitrogens is 2. The highest BCUT2D eigenvalue weighted by molar-refractivity contribution is 5.87. The number of hydrogen-bond donors (Lipinski definition) is 0. The zero-order chi connectivity index (χ0) is 30.6. The molecule has 5 aliphatic rings. The average Bonchev–Trinajstić information content (AvgIpc) is 3.67. The number of aryl methyl sites for hydroxylation is 1. The summed E-state index contributed by atoms with van der Waals surface area (Å²) in [5.41, 5.74) is 2.71. The number of carbonyl (C=O) groups excluding carboxylic acids is 1. The molecule has 44 heavy (non-hydrogen) atoms. The van der Waals surface area contributed by atoms with E-state index in [1.54, 1.807) is 17.0 Å². The third kappa shape index (κ3) is 4.65. The van der Waals surface area contributed by atoms with E-state index in [0.717, 1.165) is 60.4 Å². The fraction of sp³-hybridized carbons (Fsp3) is 0.576. The molecule has 0 unspecified atom stereocenters. The van der Waals surface area contributed by atoms with Crippen LogP contribution in [0.3, 0.4) is 0 Å². The standard InChI is InChI=1S/C33H39F2N7O2/c1-3-28(43)42-15-14-40(19-24(42)9-12-36)30-25-20-39(2)33(11-8-22-6-4-7-26(35)29(22)33)17-27(25)37-31(38-30)44-21-32-10-5-13-41(32)18-23(34)16-32/h3-4,6-7,23-24H,1,5,8-11,13-21H2,2H3/t23-,24+,32+,33+/m1/s1. The van der Waals surface area contributed by atoms with Crippen LogP contribution in [0.4, 0.5) is 14.6 Å². The zero-order valence-electron chi connectivity index (χ0n) is 25.3. The number of ether oxygens (including phenoxy) is 1. The molecule has 0 radical (unpaired) electrons. The van der Waals surface area contributed by atoms with Gasteiger partial charge in [-0.05, 0) is 57.0 Å². The molecule has 7 rings (SSSR count). The van der Waals surface area contributed by atoms with Gasteiger partial charge in [0.25, 0.3) is 0 Å². The van der Waals surface area contributed by atoms with E-state index in [1.807, 2.05) is 13.1 Å². The van der Waals surface area contributed by atoms with Gasteiger partial charge in [-0.15, -0.1) is 0 Å². The van der Waals surface area contributed by atoms with E-state index in [2.05, 4.69) is 27.3 Å². The van der Waals surface area contributed by atoms with Crippen LogP contribution in [0.25, 0.3) is 0 Å². The number of amides is 1. The van der Waals surface area contributed by atoms with Gasteiger partial charge >= 0.3 is 6.01 Å². The van der Waals surface area contributed by atoms with E-state index in [0.29, 0.717) is 52.2 Å². The van der Waals surface area contributed by atoms with Crippen LogP contribution in [-0.2, 0) is 29.7 Å². The minimum absolute atomic E-state index is 0.189. The summed E-state index contributed by atoms with van der Waals surface area (Å²) in [6.45, 7) is 7.17. The average molecular weight is 604 g/mol. The zero-order valence-corrected chi connectivity index (χ0v) is 25.3. The Labute approximate surface area is 257 Å². The Morgan fingerprint density at radius 3 is 2.93 bits per heavy atom. The molecular formula is C33H39F2N7O2. The van der Waals surface area contributed by atoms with Gasteiger partial charge in [0.15, 0.2) is 0 Å². The normalized spacial score (nSPS) is 29.8. The first-order valence-corrected chi connectivity index (χ1v) is 15.7. The lowest BCUT2D eigenvalue weighted by atomic mass is 9.80. The summed E-state index contributed by atoms with van der Waals surface area (Å²) in [5, 5.41) is 9.56. The number of nitriles is 1. The number of fused-ring (bicyclic) bond motifs is 4. The maximum Gasteiger partial charge on any atom is 0.318 e. The summed E-state index contributed by atoms with van der Waals surface area (Å²) in [6, 6.07) is 7.50. The summed E-state index contributed by atoms with van der Waals surface area (Å²) in [7, 11) is 2.04. The van der Waals surface area contributed by atoms with Crippen molar-refractivity contribution in [3.63, 3.8) is 0 Å². The van der Waals surface area contributed by atoms with E-state index in [-0.39, 0.29) is 35.7 Å². The van der Waals surface area contributed by atoms with Gasteiger partial charge in [0.1, 0.15) is 24.4 Å². The van der Waals surface area contributed by atoms with Gasteiger partial charge in [-0.1, -0.05) is 18.7 Å². The molecule has 1 spiro atoms. The van der Waals surface area contributed by atoms with Crippen LogP contribution in [0.15, 0.2) is 30.9 Å². The summed E-state index contributed by atoms with van der Waals surface area (Å²) in [6.07, 6.45) is 5.06. The van der Waals surface area contributed by atoms with Crippen molar-refractivity contribution in [1.82, 2.24) is 24.7 Å². The van der Waals surface area contributed by atoms with Crippen molar-refractivity contribution >= 4 is 11.7 Å². The molecule has 232 valence electrons. The molecular weight excluding hydrogens is 564 g/mol. The van der Waals surface area contributed by atoms with Gasteiger partial charge in [0.2, 0.25) is 5.91 Å². The Balaban J connectivity index is 1.26. The highest BCUT2D eigenvalue weighted by Crippen LogP contribution is 2.49. The number of benzene rings is 1. The molecule has 0 N–H and O–H groups in total. The fourth-order valence-corrected chi connectivity index (χ4v) is 8.64. The molecule has 4 atom stereocenters. The molecule has 1 amide bonds. The maximum atomic E-state index is 15.4. The number of nitrogens with zero attached hydrogens (tertiary/aromatic N) is 7. The Kier molecular flexibility index (Phi) is 7.33. The van der Waals surface area contributed by atoms with Crippen molar-refractivity contribution in [2.75, 3.05) is 51.3 Å². The minimum atomic E-state index is -0.863. The van der Waals surface area contributed by atoms with Crippen LogP contribution in [0.5, 0.6) is 6.01 Å². The fourth-order valence-electron chi connectivity index (χ4n) is 8.64. The molecule has 5 heterocycles. The lowest BCUT2D eigenvalue weighted by molar-refractivity contribution is -0.128. The topological polar surface area (TPSA) is 88.8 Å². The van der Waals surface area contributed by atoms with Gasteiger partial charge in [-0.3, -0.25) is 14.6 Å². The number of rotatable bonds is 6. The molecule has 3 fully saturated rings. The van der Waals surface area contributed by atoms with E-state index in [4.69, 9.17) is 14.7 Å². The Hall–Kier alpha value is -3.62. The maximum absolute atomic E-state index is 15.4. The van der Waals surface area contributed by atoms with Crippen molar-refractivity contribution in [1.29, 1.82) is 5.26 Å². The van der Waals surface area contributed by atoms with Crippen molar-refractivity contribution < 1.29 is 18.3 Å². The number of carbonyl (C=O) groups is 1. The van der Waals surface area contributed by atoms with Gasteiger partial charge in [-0.25, -0.2) is 8.78 Å². The second-order valence-corrected chi connectivity index (χ2v) is 13.2. The minimum Gasteiger partial charge on any atom is -0.461 e. The molecule has 1 aliphatic carbocycles. The number of likely N-dealkylation sites (N-methyl/N-ethyl adjacent to an activating group) is 1. The summed E-state index contributed by atoms with van der Waals surface area (Å²) < 4.78 is 36.3. The predicted molar refractivity (Wildman–Crippen MR) is 160 cm³/mol. The Morgan fingerprint density at radius 1 is 1.25 bits per heavy atom. The van der Waals surface area contributed by atoms with Gasteiger partial charge in [0, 0.05) is 56.7 Å². The van der Waals surface area contributed by atoms with Gasteiger partial charge in [-0.2, -0.15) is 15.2 Å². The smallest absolute Gasteiger partial charge is 0.318 e. The molecule has 4 aliphatic heterocycles. The van der Waals surface area contributed by atoms with E-state index < -0.39 is 11.7 Å². The van der Waals surface area contributed by atoms with Crippen molar-refractivity contribution in [2.45, 2.75) is 74.8 Å². The first-order chi connectivity index (χ1) is 21.3. The second-order valence-electron chi connectivity index (χ2n) is 13.2. The predicted octanol–water partition coefficient (Wildman–Crippen LogP) is 3.52. The number of halogens is 2. The number of piperazine rings is 1. The molecule has 0 saturated carbocycles. The van der Waals surface area contributed by atoms with Crippen LogP contribution in [0.1, 0.15) is 54.5 Å². The van der Waals surface area contributed by atoms with Crippen LogP contribution < -0.4 is 9.64 Å². The Morgan fingerprint density at radius 2 is 2.11 bits per heavy atom. The number of anilines is 1. The first kappa shape index (κ1) is 29.1. The van der Waals surface area contributed by atoms with Crippen LogP contribution in [0, 0.1) is 17.1 Å². The SMILES string of the molecule is C=CC(=O)N1CCN(c2nc(OC[C@@]34CCCN3C[C@H](F)C4)nc3c2CN(C)[C@@]2(CCc4cccc(F)c42)C3)C[C@@H]1CC#N. The largest absolute Gasteiger partial charge is 0.461 e. The Bertz CT molecular complexity index is 1530. The second kappa shape index (κ2) is 11.1. The molecule has 11 heteroatoms. The number of alkyl halides is 1. The summed E-state index contributed by atoms with van der Waals surface area (Å²) in [4.78, 5) is 30.8. The van der Waals surface area contributed by atoms with Crippen LogP contribution >= 0.6 is 0 Å². The van der Waals surface area contributed by atoms with Crippen molar-refractivity contribution in [2.24, 2.45) is 0 Å². The van der Waals surface area contributed by atoms with Crippen LogP contribution in [0.2, 0.25) is 0 Å². The molecule has 0 bridgehead atoms. The number of hydrogen-bond acceptors (Lipinski definition) is 8. The van der Waals surface area contributed by atoms with E-state index in [9.17, 15) is 14.4 Å². The van der Waals surface area contributed by atoms with Gasteiger partial charge in [0.05, 0.1) is 35.3 Å². The highest BCUT2D eigenvalue weighted by Gasteiger charge is 2.51. The van der Waals surface area contributed by atoms with Crippen LogP contribution in [-0.4, -0.2) is 94.7 Å². The summed E-state index contributed by atoms with van der Waals surface area (Å²) in [5.74, 6) is 0.346. The molecule has 2 aromatic rings. The highest BCUT2D eigenvalue weighted by atomic mass is 19.1. The summed E-state index contributed by atoms with van der Waals surface area (Å²) >= 11 is 0. The van der Waals surface area contributed by atoms with Crippen molar-refractivity contribution in [3.05, 3.63) is 59.1 Å². The molecule has 1 aromatic carbocycles. The quantitative estimate of drug-likeness (QED) is 0.464.